The van der Waals surface area contributed by atoms with Crippen LogP contribution in [-0.4, -0.2) is 63.5 Å². The third-order valence-electron chi connectivity index (χ3n) is 7.31. The van der Waals surface area contributed by atoms with Gasteiger partial charge in [-0.1, -0.05) is 120 Å². The van der Waals surface area contributed by atoms with Gasteiger partial charge in [-0.05, 0) is 51.4 Å². The summed E-state index contributed by atoms with van der Waals surface area (Å²) in [4.78, 5) is 42.6. The number of carbonyl (C=O) groups is 2. The zero-order valence-electron chi connectivity index (χ0n) is 28.9. The van der Waals surface area contributed by atoms with E-state index < -0.39 is 51.3 Å². The van der Waals surface area contributed by atoms with Crippen LogP contribution in [0.15, 0.2) is 48.6 Å². The van der Waals surface area contributed by atoms with Crippen LogP contribution in [0.5, 0.6) is 0 Å². The number of hydrogen-bond donors (Lipinski definition) is 4. The number of phosphoric acid groups is 1. The van der Waals surface area contributed by atoms with Crippen LogP contribution in [0, 0.1) is 0 Å². The molecule has 0 unspecified atom stereocenters. The highest BCUT2D eigenvalue weighted by molar-refractivity contribution is 7.46. The predicted molar refractivity (Wildman–Crippen MR) is 186 cm³/mol. The summed E-state index contributed by atoms with van der Waals surface area (Å²) in [6, 6.07) is 0. The molecule has 0 rings (SSSR count). The van der Waals surface area contributed by atoms with Crippen LogP contribution in [0.25, 0.3) is 0 Å². The van der Waals surface area contributed by atoms with Crippen molar-refractivity contribution in [2.45, 2.75) is 154 Å². The van der Waals surface area contributed by atoms with Gasteiger partial charge in [0.05, 0.1) is 18.8 Å². The Morgan fingerprint density at radius 1 is 0.638 bits per heavy atom. The lowest BCUT2D eigenvalue weighted by molar-refractivity contribution is -0.161. The molecule has 11 heteroatoms. The smallest absolute Gasteiger partial charge is 0.462 e. The molecule has 0 saturated heterocycles. The van der Waals surface area contributed by atoms with E-state index in [1.807, 2.05) is 18.2 Å². The number of aliphatic hydroxyl groups is 2. The van der Waals surface area contributed by atoms with Crippen molar-refractivity contribution < 1.29 is 48.2 Å². The fourth-order valence-corrected chi connectivity index (χ4v) is 4.94. The van der Waals surface area contributed by atoms with Gasteiger partial charge in [0.25, 0.3) is 0 Å². The Morgan fingerprint density at radius 3 is 1.70 bits per heavy atom. The Hall–Kier alpha value is -2.07. The minimum Gasteiger partial charge on any atom is -0.462 e. The normalized spacial score (nSPS) is 14.4. The van der Waals surface area contributed by atoms with E-state index in [0.717, 1.165) is 44.9 Å². The molecular formula is C36H63O10P. The second-order valence-corrected chi connectivity index (χ2v) is 13.0. The van der Waals surface area contributed by atoms with Gasteiger partial charge in [-0.25, -0.2) is 4.57 Å². The Kier molecular flexibility index (Phi) is 29.8. The second kappa shape index (κ2) is 31.2. The molecule has 47 heavy (non-hydrogen) atoms. The van der Waals surface area contributed by atoms with Crippen molar-refractivity contribution in [2.24, 2.45) is 0 Å². The summed E-state index contributed by atoms with van der Waals surface area (Å²) in [5, 5.41) is 20.4. The molecule has 0 aliphatic carbocycles. The molecule has 0 radical (unpaired) electrons. The molecule has 0 bridgehead atoms. The second-order valence-electron chi connectivity index (χ2n) is 11.8. The molecule has 0 spiro atoms. The predicted octanol–water partition coefficient (Wildman–Crippen LogP) is 7.95. The van der Waals surface area contributed by atoms with Gasteiger partial charge in [-0.15, -0.1) is 0 Å². The summed E-state index contributed by atoms with van der Waals surface area (Å²) in [5.41, 5.74) is 0. The molecule has 272 valence electrons. The van der Waals surface area contributed by atoms with E-state index in [4.69, 9.17) is 19.3 Å². The molecule has 10 nitrogen and oxygen atoms in total. The molecule has 0 saturated carbocycles. The van der Waals surface area contributed by atoms with Crippen LogP contribution >= 0.6 is 7.82 Å². The topological polar surface area (TPSA) is 160 Å². The maximum absolute atomic E-state index is 12.3. The van der Waals surface area contributed by atoms with Crippen LogP contribution in [0.1, 0.15) is 136 Å². The van der Waals surface area contributed by atoms with Gasteiger partial charge in [0, 0.05) is 12.8 Å². The number of hydrogen-bond acceptors (Lipinski definition) is 8. The number of unbranched alkanes of at least 4 members (excludes halogenated alkanes) is 9. The van der Waals surface area contributed by atoms with Crippen molar-refractivity contribution in [2.75, 3.05) is 13.2 Å². The first kappa shape index (κ1) is 44.9. The Bertz CT molecular complexity index is 940. The van der Waals surface area contributed by atoms with Gasteiger partial charge >= 0.3 is 19.8 Å². The van der Waals surface area contributed by atoms with Crippen molar-refractivity contribution >= 4 is 19.8 Å². The van der Waals surface area contributed by atoms with Gasteiger partial charge in [-0.2, -0.15) is 0 Å². The third kappa shape index (κ3) is 32.3. The van der Waals surface area contributed by atoms with Gasteiger partial charge in [0.15, 0.2) is 6.10 Å². The van der Waals surface area contributed by atoms with Crippen LogP contribution in [0.4, 0.5) is 0 Å². The molecule has 0 fully saturated rings. The summed E-state index contributed by atoms with van der Waals surface area (Å²) in [7, 11) is -4.81. The van der Waals surface area contributed by atoms with Crippen molar-refractivity contribution in [3.8, 4) is 0 Å². The number of esters is 2. The average Bonchev–Trinajstić information content (AvgIpc) is 3.03. The van der Waals surface area contributed by atoms with Crippen LogP contribution in [0.2, 0.25) is 0 Å². The number of ether oxygens (including phenoxy) is 2. The monoisotopic (exact) mass is 686 g/mol. The van der Waals surface area contributed by atoms with Gasteiger partial charge < -0.3 is 29.5 Å². The van der Waals surface area contributed by atoms with E-state index in [1.54, 1.807) is 0 Å². The SMILES string of the molecule is CC/C=C\C/C=C\C/C=C\C/C=C\C[C@H](O)[C@@H](O)CCCC(=O)OC[C@H](COP(=O)(O)O)OC(=O)CCCCCCCCCCCC. The molecule has 0 amide bonds. The summed E-state index contributed by atoms with van der Waals surface area (Å²) >= 11 is 0. The molecule has 0 aromatic carbocycles. The molecule has 3 atom stereocenters. The van der Waals surface area contributed by atoms with Crippen molar-refractivity contribution in [1.82, 2.24) is 0 Å². The van der Waals surface area contributed by atoms with Crippen molar-refractivity contribution in [1.29, 1.82) is 0 Å². The third-order valence-corrected chi connectivity index (χ3v) is 7.80. The standard InChI is InChI=1S/C36H63O10P/c1-3-5-7-9-11-13-15-16-17-19-21-23-26-33(37)34(38)27-25-29-35(39)44-30-32(31-45-47(41,42)43)46-36(40)28-24-22-20-18-14-12-10-8-6-4-2/h5,7,11,13,16-17,21,23,32-34,37-38H,3-4,6,8-10,12,14-15,18-20,22,24-31H2,1-2H3,(H2,41,42,43)/b7-5-,13-11-,17-16-,23-21-/t32-,33+,34+/m1/s1. The minimum atomic E-state index is -4.81. The Labute approximate surface area is 283 Å². The number of allylic oxidation sites excluding steroid dienone is 7. The first-order valence-corrected chi connectivity index (χ1v) is 19.1. The van der Waals surface area contributed by atoms with E-state index in [2.05, 4.69) is 48.8 Å². The molecule has 0 aromatic heterocycles. The molecule has 0 aliphatic rings. The lowest BCUT2D eigenvalue weighted by Crippen LogP contribution is -2.29. The van der Waals surface area contributed by atoms with Crippen LogP contribution in [0.3, 0.4) is 0 Å². The largest absolute Gasteiger partial charge is 0.469 e. The van der Waals surface area contributed by atoms with Gasteiger partial charge in [0.2, 0.25) is 0 Å². The van der Waals surface area contributed by atoms with Crippen molar-refractivity contribution in [3.63, 3.8) is 0 Å². The number of aliphatic hydroxyl groups excluding tert-OH is 2. The quantitative estimate of drug-likeness (QED) is 0.0244. The summed E-state index contributed by atoms with van der Waals surface area (Å²) < 4.78 is 26.0. The van der Waals surface area contributed by atoms with E-state index >= 15 is 0 Å². The summed E-state index contributed by atoms with van der Waals surface area (Å²) in [6.45, 7) is 3.27. The van der Waals surface area contributed by atoms with Gasteiger partial charge in [0.1, 0.15) is 6.61 Å². The van der Waals surface area contributed by atoms with E-state index in [9.17, 15) is 24.4 Å². The number of rotatable bonds is 31. The molecule has 0 heterocycles. The Balaban J connectivity index is 4.27. The minimum absolute atomic E-state index is 0.0492. The molecular weight excluding hydrogens is 623 g/mol. The first-order valence-electron chi connectivity index (χ1n) is 17.6. The van der Waals surface area contributed by atoms with E-state index in [1.165, 1.54) is 38.5 Å². The highest BCUT2D eigenvalue weighted by Gasteiger charge is 2.23. The maximum Gasteiger partial charge on any atom is 0.469 e. The van der Waals surface area contributed by atoms with Crippen LogP contribution < -0.4 is 0 Å². The fraction of sp³-hybridized carbons (Fsp3) is 0.722. The summed E-state index contributed by atoms with van der Waals surface area (Å²) in [5.74, 6) is -1.18. The Morgan fingerprint density at radius 2 is 1.15 bits per heavy atom. The first-order chi connectivity index (χ1) is 22.6. The maximum atomic E-state index is 12.3. The lowest BCUT2D eigenvalue weighted by Gasteiger charge is -2.19. The number of carbonyl (C=O) groups excluding carboxylic acids is 2. The number of phosphoric ester groups is 1. The average molecular weight is 687 g/mol. The highest BCUT2D eigenvalue weighted by Crippen LogP contribution is 2.36. The van der Waals surface area contributed by atoms with E-state index in [-0.39, 0.29) is 32.1 Å². The highest BCUT2D eigenvalue weighted by atomic mass is 31.2. The molecule has 0 aliphatic heterocycles. The molecule has 4 N–H and O–H groups in total. The summed E-state index contributed by atoms with van der Waals surface area (Å²) in [6.07, 6.45) is 28.8. The zero-order valence-corrected chi connectivity index (χ0v) is 29.8. The fourth-order valence-electron chi connectivity index (χ4n) is 4.58. The van der Waals surface area contributed by atoms with E-state index in [0.29, 0.717) is 6.42 Å². The molecule has 0 aromatic rings. The van der Waals surface area contributed by atoms with Crippen molar-refractivity contribution in [3.05, 3.63) is 48.6 Å². The van der Waals surface area contributed by atoms with Gasteiger partial charge in [-0.3, -0.25) is 14.1 Å². The lowest BCUT2D eigenvalue weighted by atomic mass is 10.0. The van der Waals surface area contributed by atoms with Crippen LogP contribution in [-0.2, 0) is 28.2 Å². The zero-order chi connectivity index (χ0) is 35.0.